The number of nitrogens with zero attached hydrogens (tertiary/aromatic N) is 10. The zero-order valence-corrected chi connectivity index (χ0v) is 8.78. The summed E-state index contributed by atoms with van der Waals surface area (Å²) in [5.41, 5.74) is 0. The number of aromatic nitrogens is 10. The molecule has 0 bridgehead atoms. The van der Waals surface area contributed by atoms with Crippen LogP contribution in [0.15, 0.2) is 25.0 Å². The van der Waals surface area contributed by atoms with E-state index in [4.69, 9.17) is 0 Å². The predicted molar refractivity (Wildman–Crippen MR) is 55.6 cm³/mol. The van der Waals surface area contributed by atoms with Crippen LogP contribution in [0.5, 0.6) is 0 Å². The van der Waals surface area contributed by atoms with Gasteiger partial charge in [-0.05, 0) is 10.4 Å². The van der Waals surface area contributed by atoms with Crippen LogP contribution in [0.4, 0.5) is 17.6 Å². The molecule has 0 aliphatic carbocycles. The molecule has 88 valence electrons. The third-order valence-corrected chi connectivity index (χ3v) is 1.95. The van der Waals surface area contributed by atoms with E-state index in [9.17, 15) is 0 Å². The minimum absolute atomic E-state index is 0.321. The fourth-order valence-corrected chi connectivity index (χ4v) is 1.27. The van der Waals surface area contributed by atoms with Crippen LogP contribution in [0.25, 0.3) is 0 Å². The van der Waals surface area contributed by atoms with Crippen molar-refractivity contribution in [1.29, 1.82) is 0 Å². The minimum atomic E-state index is 0.321. The SMILES string of the molecule is c1ncnc(N(c2cnnnn2)c2cn[nH]n2)n1. The van der Waals surface area contributed by atoms with Crippen molar-refractivity contribution in [3.8, 4) is 0 Å². The van der Waals surface area contributed by atoms with Crippen molar-refractivity contribution in [2.45, 2.75) is 0 Å². The zero-order chi connectivity index (χ0) is 12.2. The summed E-state index contributed by atoms with van der Waals surface area (Å²) >= 11 is 0. The monoisotopic (exact) mass is 243 g/mol. The van der Waals surface area contributed by atoms with Gasteiger partial charge in [-0.25, -0.2) is 19.9 Å². The molecule has 0 amide bonds. The van der Waals surface area contributed by atoms with E-state index in [0.717, 1.165) is 0 Å². The number of H-pyrrole nitrogens is 1. The van der Waals surface area contributed by atoms with Crippen LogP contribution in [0.2, 0.25) is 0 Å². The molecule has 0 radical (unpaired) electrons. The summed E-state index contributed by atoms with van der Waals surface area (Å²) in [6, 6.07) is 0. The number of hydrogen-bond acceptors (Lipinski definition) is 10. The molecule has 18 heavy (non-hydrogen) atoms. The van der Waals surface area contributed by atoms with Crippen LogP contribution in [-0.2, 0) is 0 Å². The minimum Gasteiger partial charge on any atom is -0.240 e. The van der Waals surface area contributed by atoms with E-state index < -0.39 is 0 Å². The van der Waals surface area contributed by atoms with Crippen molar-refractivity contribution in [3.63, 3.8) is 0 Å². The highest BCUT2D eigenvalue weighted by Gasteiger charge is 2.19. The molecule has 3 aromatic rings. The van der Waals surface area contributed by atoms with Gasteiger partial charge in [0.15, 0.2) is 11.6 Å². The summed E-state index contributed by atoms with van der Waals surface area (Å²) in [5.74, 6) is 1.13. The van der Waals surface area contributed by atoms with Gasteiger partial charge in [0.25, 0.3) is 0 Å². The van der Waals surface area contributed by atoms with Crippen molar-refractivity contribution in [3.05, 3.63) is 25.0 Å². The second kappa shape index (κ2) is 4.40. The van der Waals surface area contributed by atoms with E-state index in [1.807, 2.05) is 0 Å². The lowest BCUT2D eigenvalue weighted by atomic mass is 10.5. The van der Waals surface area contributed by atoms with Gasteiger partial charge < -0.3 is 0 Å². The van der Waals surface area contributed by atoms with Crippen LogP contribution in [0.3, 0.4) is 0 Å². The van der Waals surface area contributed by atoms with Gasteiger partial charge >= 0.3 is 0 Å². The van der Waals surface area contributed by atoms with Gasteiger partial charge in [-0.3, -0.25) is 0 Å². The summed E-state index contributed by atoms with van der Waals surface area (Å²) in [5, 5.41) is 24.5. The Bertz CT molecular complexity index is 554. The molecule has 1 N–H and O–H groups in total. The van der Waals surface area contributed by atoms with E-state index in [1.165, 1.54) is 29.9 Å². The number of hydrogen-bond donors (Lipinski definition) is 1. The highest BCUT2D eigenvalue weighted by molar-refractivity contribution is 5.64. The average Bonchev–Trinajstić information content (AvgIpc) is 2.95. The van der Waals surface area contributed by atoms with E-state index in [0.29, 0.717) is 17.6 Å². The molecule has 11 heteroatoms. The molecular weight excluding hydrogens is 238 g/mol. The Hall–Kier alpha value is -3.11. The molecule has 3 heterocycles. The van der Waals surface area contributed by atoms with Crippen molar-refractivity contribution >= 4 is 17.6 Å². The van der Waals surface area contributed by atoms with E-state index in [-0.39, 0.29) is 0 Å². The van der Waals surface area contributed by atoms with Crippen LogP contribution in [-0.4, -0.2) is 51.0 Å². The first-order valence-corrected chi connectivity index (χ1v) is 4.74. The highest BCUT2D eigenvalue weighted by Crippen LogP contribution is 2.25. The Morgan fingerprint density at radius 3 is 2.56 bits per heavy atom. The van der Waals surface area contributed by atoms with Crippen molar-refractivity contribution in [1.82, 2.24) is 51.0 Å². The number of anilines is 3. The Kier molecular flexibility index (Phi) is 2.46. The van der Waals surface area contributed by atoms with Gasteiger partial charge in [-0.2, -0.15) is 10.3 Å². The van der Waals surface area contributed by atoms with Gasteiger partial charge in [-0.15, -0.1) is 15.3 Å². The summed E-state index contributed by atoms with van der Waals surface area (Å²) in [6.07, 6.45) is 5.62. The molecule has 0 saturated carbocycles. The third kappa shape index (κ3) is 1.79. The maximum Gasteiger partial charge on any atom is 0.240 e. The summed E-state index contributed by atoms with van der Waals surface area (Å²) in [6.45, 7) is 0. The molecule has 0 unspecified atom stereocenters. The zero-order valence-electron chi connectivity index (χ0n) is 8.78. The highest BCUT2D eigenvalue weighted by atomic mass is 15.5. The van der Waals surface area contributed by atoms with Gasteiger partial charge in [0, 0.05) is 0 Å². The van der Waals surface area contributed by atoms with Gasteiger partial charge in [0.2, 0.25) is 5.95 Å². The summed E-state index contributed by atoms with van der Waals surface area (Å²) in [7, 11) is 0. The van der Waals surface area contributed by atoms with Crippen molar-refractivity contribution in [2.24, 2.45) is 0 Å². The lowest BCUT2D eigenvalue weighted by Crippen LogP contribution is -2.16. The molecule has 0 saturated heterocycles. The van der Waals surface area contributed by atoms with Gasteiger partial charge in [-0.1, -0.05) is 0 Å². The number of nitrogens with one attached hydrogen (secondary N) is 1. The van der Waals surface area contributed by atoms with E-state index in [2.05, 4.69) is 51.0 Å². The Balaban J connectivity index is 2.11. The molecule has 11 nitrogen and oxygen atoms in total. The second-order valence-corrected chi connectivity index (χ2v) is 2.98. The summed E-state index contributed by atoms with van der Waals surface area (Å²) < 4.78 is 0. The maximum absolute atomic E-state index is 4.02. The molecule has 0 aromatic carbocycles. The molecular formula is C7H5N11. The van der Waals surface area contributed by atoms with Gasteiger partial charge in [0.1, 0.15) is 12.7 Å². The normalized spacial score (nSPS) is 10.2. The van der Waals surface area contributed by atoms with E-state index >= 15 is 0 Å². The van der Waals surface area contributed by atoms with Gasteiger partial charge in [0.05, 0.1) is 12.4 Å². The second-order valence-electron chi connectivity index (χ2n) is 2.98. The average molecular weight is 243 g/mol. The fourth-order valence-electron chi connectivity index (χ4n) is 1.27. The van der Waals surface area contributed by atoms with Crippen LogP contribution in [0.1, 0.15) is 0 Å². The standard InChI is InChI=1S/C7H5N11/c1-5(13-15-11-1)18(6-2-12-16-17-14-6)7-9-3-8-4-10-7/h1-4H,(H,11,13,15). The fraction of sp³-hybridized carbons (Fsp3) is 0. The first kappa shape index (κ1) is 10.1. The van der Waals surface area contributed by atoms with Crippen LogP contribution < -0.4 is 4.90 Å². The molecule has 3 aromatic heterocycles. The first-order valence-electron chi connectivity index (χ1n) is 4.74. The molecule has 0 atom stereocenters. The largest absolute Gasteiger partial charge is 0.240 e. The van der Waals surface area contributed by atoms with Crippen molar-refractivity contribution < 1.29 is 0 Å². The molecule has 0 aliphatic heterocycles. The first-order chi connectivity index (χ1) is 8.95. The number of aromatic amines is 1. The molecule has 3 rings (SSSR count). The Labute approximate surface area is 99.3 Å². The quantitative estimate of drug-likeness (QED) is 0.612. The smallest absolute Gasteiger partial charge is 0.240 e. The Morgan fingerprint density at radius 1 is 1.00 bits per heavy atom. The Morgan fingerprint density at radius 2 is 1.89 bits per heavy atom. The third-order valence-electron chi connectivity index (χ3n) is 1.95. The van der Waals surface area contributed by atoms with E-state index in [1.54, 1.807) is 0 Å². The molecule has 0 spiro atoms. The van der Waals surface area contributed by atoms with Crippen LogP contribution >= 0.6 is 0 Å². The van der Waals surface area contributed by atoms with Crippen molar-refractivity contribution in [2.75, 3.05) is 4.90 Å². The summed E-state index contributed by atoms with van der Waals surface area (Å²) in [4.78, 5) is 13.3. The van der Waals surface area contributed by atoms with Crippen LogP contribution in [0, 0.1) is 0 Å². The number of rotatable bonds is 3. The molecule has 0 fully saturated rings. The lowest BCUT2D eigenvalue weighted by molar-refractivity contribution is 0.755. The maximum atomic E-state index is 4.02. The molecule has 0 aliphatic rings. The topological polar surface area (TPSA) is 135 Å². The predicted octanol–water partition coefficient (Wildman–Crippen LogP) is -0.961. The lowest BCUT2D eigenvalue weighted by Gasteiger charge is -2.15.